The van der Waals surface area contributed by atoms with Gasteiger partial charge >= 0.3 is 6.09 Å². The normalized spacial score (nSPS) is 21.2. The first-order valence-corrected chi connectivity index (χ1v) is 7.01. The van der Waals surface area contributed by atoms with Gasteiger partial charge in [0.1, 0.15) is 25.4 Å². The van der Waals surface area contributed by atoms with Crippen LogP contribution in [0.25, 0.3) is 0 Å². The van der Waals surface area contributed by atoms with Crippen LogP contribution in [-0.2, 0) is 25.6 Å². The number of amides is 1. The molecule has 0 radical (unpaired) electrons. The fourth-order valence-corrected chi connectivity index (χ4v) is 2.07. The highest BCUT2D eigenvalue weighted by molar-refractivity contribution is 5.89. The minimum Gasteiger partial charge on any atom is -0.445 e. The zero-order chi connectivity index (χ0) is 15.8. The number of benzene rings is 1. The number of nitrogens with one attached hydrogen (secondary N) is 1. The summed E-state index contributed by atoms with van der Waals surface area (Å²) >= 11 is 0. The van der Waals surface area contributed by atoms with Gasteiger partial charge < -0.3 is 19.5 Å². The van der Waals surface area contributed by atoms with E-state index in [-0.39, 0.29) is 32.2 Å². The molecule has 1 N–H and O–H groups in total. The van der Waals surface area contributed by atoms with Crippen LogP contribution in [0.4, 0.5) is 4.79 Å². The summed E-state index contributed by atoms with van der Waals surface area (Å²) in [5.74, 6) is -0.239. The van der Waals surface area contributed by atoms with E-state index in [0.717, 1.165) is 5.56 Å². The molecule has 1 fully saturated rings. The van der Waals surface area contributed by atoms with E-state index in [2.05, 4.69) is 11.9 Å². The molecule has 0 bridgehead atoms. The fourth-order valence-electron chi connectivity index (χ4n) is 2.07. The van der Waals surface area contributed by atoms with E-state index in [1.807, 2.05) is 30.3 Å². The molecule has 0 aromatic heterocycles. The summed E-state index contributed by atoms with van der Waals surface area (Å²) in [5, 5.41) is 2.55. The van der Waals surface area contributed by atoms with Crippen molar-refractivity contribution in [2.45, 2.75) is 18.8 Å². The average molecular weight is 305 g/mol. The molecule has 0 unspecified atom stereocenters. The van der Waals surface area contributed by atoms with Crippen LogP contribution in [0.2, 0.25) is 0 Å². The summed E-state index contributed by atoms with van der Waals surface area (Å²) < 4.78 is 15.7. The van der Waals surface area contributed by atoms with E-state index in [9.17, 15) is 9.59 Å². The molecule has 1 aliphatic heterocycles. The van der Waals surface area contributed by atoms with E-state index in [1.165, 1.54) is 0 Å². The zero-order valence-electron chi connectivity index (χ0n) is 12.2. The van der Waals surface area contributed by atoms with Crippen molar-refractivity contribution in [3.05, 3.63) is 48.6 Å². The molecule has 2 rings (SSSR count). The number of ketones is 1. The number of rotatable bonds is 6. The van der Waals surface area contributed by atoms with Gasteiger partial charge in [0, 0.05) is 0 Å². The van der Waals surface area contributed by atoms with Crippen LogP contribution in [0.15, 0.2) is 43.0 Å². The first-order valence-electron chi connectivity index (χ1n) is 7.01. The molecule has 0 saturated carbocycles. The van der Waals surface area contributed by atoms with Gasteiger partial charge in [0.25, 0.3) is 0 Å². The summed E-state index contributed by atoms with van der Waals surface area (Å²) in [7, 11) is 0. The second-order valence-electron chi connectivity index (χ2n) is 4.83. The zero-order valence-corrected chi connectivity index (χ0v) is 12.2. The third kappa shape index (κ3) is 4.68. The monoisotopic (exact) mass is 305 g/mol. The SMILES string of the molecule is C=CCO[C@H]1COCC(=O)[C@H]1NC(=O)OCc1ccccc1. The molecular formula is C16H19NO5. The molecule has 22 heavy (non-hydrogen) atoms. The molecule has 0 spiro atoms. The van der Waals surface area contributed by atoms with Crippen LogP contribution in [0.5, 0.6) is 0 Å². The molecule has 1 aromatic carbocycles. The molecule has 1 aromatic rings. The van der Waals surface area contributed by atoms with Gasteiger partial charge in [-0.05, 0) is 5.56 Å². The number of carbonyl (C=O) groups excluding carboxylic acids is 2. The molecule has 1 saturated heterocycles. The Hall–Kier alpha value is -2.18. The number of alkyl carbamates (subject to hydrolysis) is 1. The highest BCUT2D eigenvalue weighted by Gasteiger charge is 2.34. The summed E-state index contributed by atoms with van der Waals surface area (Å²) in [6, 6.07) is 8.53. The quantitative estimate of drug-likeness (QED) is 0.805. The largest absolute Gasteiger partial charge is 0.445 e. The van der Waals surface area contributed by atoms with Gasteiger partial charge in [0.05, 0.1) is 13.2 Å². The van der Waals surface area contributed by atoms with Gasteiger partial charge in [-0.3, -0.25) is 4.79 Å². The third-order valence-electron chi connectivity index (χ3n) is 3.16. The maximum atomic E-state index is 11.9. The van der Waals surface area contributed by atoms with E-state index < -0.39 is 18.2 Å². The van der Waals surface area contributed by atoms with E-state index >= 15 is 0 Å². The Kier molecular flexibility index (Phi) is 6.12. The van der Waals surface area contributed by atoms with Gasteiger partial charge in [0.2, 0.25) is 0 Å². The van der Waals surface area contributed by atoms with Crippen LogP contribution in [0.3, 0.4) is 0 Å². The van der Waals surface area contributed by atoms with Crippen LogP contribution in [-0.4, -0.2) is 43.8 Å². The third-order valence-corrected chi connectivity index (χ3v) is 3.16. The lowest BCUT2D eigenvalue weighted by atomic mass is 10.1. The van der Waals surface area contributed by atoms with Crippen molar-refractivity contribution in [2.75, 3.05) is 19.8 Å². The van der Waals surface area contributed by atoms with E-state index in [4.69, 9.17) is 14.2 Å². The van der Waals surface area contributed by atoms with Gasteiger partial charge in [-0.2, -0.15) is 0 Å². The van der Waals surface area contributed by atoms with Crippen molar-refractivity contribution < 1.29 is 23.8 Å². The lowest BCUT2D eigenvalue weighted by Gasteiger charge is -2.30. The summed E-state index contributed by atoms with van der Waals surface area (Å²) in [6.07, 6.45) is 0.379. The molecule has 1 aliphatic rings. The fraction of sp³-hybridized carbons (Fsp3) is 0.375. The maximum absolute atomic E-state index is 11.9. The minimum atomic E-state index is -0.767. The van der Waals surface area contributed by atoms with Gasteiger partial charge in [0.15, 0.2) is 5.78 Å². The molecule has 1 amide bonds. The molecule has 0 aliphatic carbocycles. The molecule has 118 valence electrons. The van der Waals surface area contributed by atoms with Crippen molar-refractivity contribution in [3.63, 3.8) is 0 Å². The predicted molar refractivity (Wildman–Crippen MR) is 79.3 cm³/mol. The van der Waals surface area contributed by atoms with Crippen molar-refractivity contribution in [2.24, 2.45) is 0 Å². The summed E-state index contributed by atoms with van der Waals surface area (Å²) in [5.41, 5.74) is 0.871. The van der Waals surface area contributed by atoms with Crippen molar-refractivity contribution in [1.29, 1.82) is 0 Å². The molecule has 6 nitrogen and oxygen atoms in total. The number of hydrogen-bond donors (Lipinski definition) is 1. The number of carbonyl (C=O) groups is 2. The smallest absolute Gasteiger partial charge is 0.408 e. The highest BCUT2D eigenvalue weighted by Crippen LogP contribution is 2.10. The lowest BCUT2D eigenvalue weighted by molar-refractivity contribution is -0.140. The van der Waals surface area contributed by atoms with Crippen molar-refractivity contribution in [1.82, 2.24) is 5.32 Å². The Balaban J connectivity index is 1.86. The number of ether oxygens (including phenoxy) is 3. The second-order valence-corrected chi connectivity index (χ2v) is 4.83. The van der Waals surface area contributed by atoms with E-state index in [1.54, 1.807) is 6.08 Å². The predicted octanol–water partition coefficient (Wildman–Crippen LogP) is 1.45. The van der Waals surface area contributed by atoms with Crippen LogP contribution in [0, 0.1) is 0 Å². The lowest BCUT2D eigenvalue weighted by Crippen LogP contribution is -2.55. The molecule has 6 heteroatoms. The Morgan fingerprint density at radius 3 is 2.91 bits per heavy atom. The van der Waals surface area contributed by atoms with E-state index in [0.29, 0.717) is 0 Å². The van der Waals surface area contributed by atoms with Gasteiger partial charge in [-0.25, -0.2) is 4.79 Å². The number of Topliss-reactive ketones (excluding diaryl/α,β-unsaturated/α-hetero) is 1. The second kappa shape index (κ2) is 8.31. The highest BCUT2D eigenvalue weighted by atomic mass is 16.6. The Labute approximate surface area is 129 Å². The standard InChI is InChI=1S/C16H19NO5/c1-2-8-21-14-11-20-10-13(18)15(14)17-16(19)22-9-12-6-4-3-5-7-12/h2-7,14-15H,1,8-11H2,(H,17,19)/t14-,15+/m0/s1. The first-order chi connectivity index (χ1) is 10.7. The topological polar surface area (TPSA) is 73.9 Å². The van der Waals surface area contributed by atoms with Crippen molar-refractivity contribution >= 4 is 11.9 Å². The summed E-state index contributed by atoms with van der Waals surface area (Å²) in [6.45, 7) is 4.16. The minimum absolute atomic E-state index is 0.0441. The Morgan fingerprint density at radius 2 is 2.18 bits per heavy atom. The average Bonchev–Trinajstić information content (AvgIpc) is 2.54. The Morgan fingerprint density at radius 1 is 1.41 bits per heavy atom. The maximum Gasteiger partial charge on any atom is 0.408 e. The molecule has 2 atom stereocenters. The molecular weight excluding hydrogens is 286 g/mol. The van der Waals surface area contributed by atoms with Crippen LogP contribution < -0.4 is 5.32 Å². The van der Waals surface area contributed by atoms with Crippen molar-refractivity contribution in [3.8, 4) is 0 Å². The van der Waals surface area contributed by atoms with Gasteiger partial charge in [-0.15, -0.1) is 6.58 Å². The Bertz CT molecular complexity index is 517. The van der Waals surface area contributed by atoms with Crippen LogP contribution >= 0.6 is 0 Å². The first kappa shape index (κ1) is 16.2. The summed E-state index contributed by atoms with van der Waals surface area (Å²) in [4.78, 5) is 23.7. The van der Waals surface area contributed by atoms with Crippen LogP contribution in [0.1, 0.15) is 5.56 Å². The number of hydrogen-bond acceptors (Lipinski definition) is 5. The molecule has 1 heterocycles. The van der Waals surface area contributed by atoms with Gasteiger partial charge in [-0.1, -0.05) is 36.4 Å².